The quantitative estimate of drug-likeness (QED) is 0.764. The highest BCUT2D eigenvalue weighted by Crippen LogP contribution is 2.14. The van der Waals surface area contributed by atoms with E-state index in [9.17, 15) is 9.59 Å². The van der Waals surface area contributed by atoms with Crippen LogP contribution in [0.15, 0.2) is 24.3 Å². The van der Waals surface area contributed by atoms with Gasteiger partial charge in [0.05, 0.1) is 12.7 Å². The number of nitrogens with zero attached hydrogens (tertiary/aromatic N) is 1. The number of hydrogen-bond acceptors (Lipinski definition) is 5. The fraction of sp³-hybridized carbons (Fsp3) is 0.529. The Morgan fingerprint density at radius 3 is 2.74 bits per heavy atom. The second kappa shape index (κ2) is 8.64. The van der Waals surface area contributed by atoms with Gasteiger partial charge in [-0.2, -0.15) is 0 Å². The lowest BCUT2D eigenvalue weighted by molar-refractivity contribution is -0.141. The van der Waals surface area contributed by atoms with Crippen LogP contribution in [0.2, 0.25) is 0 Å². The Bertz CT molecular complexity index is 528. The summed E-state index contributed by atoms with van der Waals surface area (Å²) >= 11 is 0. The molecule has 1 atom stereocenters. The second-order valence-electron chi connectivity index (χ2n) is 5.50. The minimum atomic E-state index is -0.0657. The van der Waals surface area contributed by atoms with Crippen molar-refractivity contribution in [1.82, 2.24) is 4.90 Å². The number of ketones is 1. The third-order valence-corrected chi connectivity index (χ3v) is 3.84. The molecule has 1 amide bonds. The summed E-state index contributed by atoms with van der Waals surface area (Å²) in [7, 11) is 0. The van der Waals surface area contributed by atoms with Gasteiger partial charge in [0.15, 0.2) is 12.4 Å². The van der Waals surface area contributed by atoms with Gasteiger partial charge in [-0.1, -0.05) is 6.92 Å². The molecule has 1 fully saturated rings. The Kier molecular flexibility index (Phi) is 6.55. The smallest absolute Gasteiger partial charge is 0.260 e. The molecule has 1 aromatic carbocycles. The van der Waals surface area contributed by atoms with Crippen molar-refractivity contribution in [3.05, 3.63) is 29.8 Å². The highest BCUT2D eigenvalue weighted by molar-refractivity contribution is 5.95. The molecule has 0 aromatic heterocycles. The summed E-state index contributed by atoms with van der Waals surface area (Å²) in [5.41, 5.74) is 6.18. The maximum Gasteiger partial charge on any atom is 0.260 e. The number of Topliss-reactive ketones (excluding diaryl/α,β-unsaturated/α-hetero) is 1. The van der Waals surface area contributed by atoms with E-state index in [1.165, 1.54) is 0 Å². The average Bonchev–Trinajstić information content (AvgIpc) is 2.60. The molecule has 1 aliphatic rings. The van der Waals surface area contributed by atoms with Gasteiger partial charge in [-0.3, -0.25) is 9.59 Å². The third kappa shape index (κ3) is 5.04. The van der Waals surface area contributed by atoms with Crippen LogP contribution in [0.3, 0.4) is 0 Å². The molecular formula is C17H24N2O4. The molecule has 0 aliphatic carbocycles. The first-order chi connectivity index (χ1) is 11.1. The number of morpholine rings is 1. The van der Waals surface area contributed by atoms with Crippen molar-refractivity contribution in [2.24, 2.45) is 5.73 Å². The predicted octanol–water partition coefficient (Wildman–Crippen LogP) is 1.23. The van der Waals surface area contributed by atoms with E-state index in [0.717, 1.165) is 6.42 Å². The van der Waals surface area contributed by atoms with E-state index in [0.29, 0.717) is 44.0 Å². The van der Waals surface area contributed by atoms with Gasteiger partial charge in [0.25, 0.3) is 5.91 Å². The van der Waals surface area contributed by atoms with E-state index >= 15 is 0 Å². The summed E-state index contributed by atoms with van der Waals surface area (Å²) in [4.78, 5) is 25.5. The van der Waals surface area contributed by atoms with Crippen LogP contribution < -0.4 is 10.5 Å². The molecule has 126 valence electrons. The molecule has 1 aromatic rings. The van der Waals surface area contributed by atoms with Crippen molar-refractivity contribution in [2.45, 2.75) is 25.9 Å². The highest BCUT2D eigenvalue weighted by atomic mass is 16.5. The molecule has 1 saturated heterocycles. The van der Waals surface area contributed by atoms with Crippen molar-refractivity contribution >= 4 is 11.7 Å². The molecule has 0 radical (unpaired) electrons. The van der Waals surface area contributed by atoms with Crippen molar-refractivity contribution in [3.63, 3.8) is 0 Å². The molecule has 2 rings (SSSR count). The van der Waals surface area contributed by atoms with Crippen LogP contribution in [0.5, 0.6) is 5.75 Å². The van der Waals surface area contributed by atoms with Gasteiger partial charge in [0, 0.05) is 25.1 Å². The van der Waals surface area contributed by atoms with Crippen LogP contribution >= 0.6 is 0 Å². The first-order valence-corrected chi connectivity index (χ1v) is 7.99. The largest absolute Gasteiger partial charge is 0.484 e. The van der Waals surface area contributed by atoms with E-state index in [2.05, 4.69) is 0 Å². The number of ether oxygens (including phenoxy) is 2. The topological polar surface area (TPSA) is 81.9 Å². The molecule has 6 heteroatoms. The summed E-state index contributed by atoms with van der Waals surface area (Å²) < 4.78 is 11.1. The lowest BCUT2D eigenvalue weighted by atomic mass is 10.1. The third-order valence-electron chi connectivity index (χ3n) is 3.84. The van der Waals surface area contributed by atoms with Gasteiger partial charge >= 0.3 is 0 Å². The Balaban J connectivity index is 1.83. The lowest BCUT2D eigenvalue weighted by Crippen LogP contribution is -2.47. The first-order valence-electron chi connectivity index (χ1n) is 7.99. The minimum Gasteiger partial charge on any atom is -0.484 e. The zero-order chi connectivity index (χ0) is 16.7. The van der Waals surface area contributed by atoms with Crippen LogP contribution in [-0.4, -0.2) is 55.5 Å². The van der Waals surface area contributed by atoms with E-state index < -0.39 is 0 Å². The zero-order valence-corrected chi connectivity index (χ0v) is 13.5. The van der Waals surface area contributed by atoms with E-state index in [1.54, 1.807) is 29.2 Å². The summed E-state index contributed by atoms with van der Waals surface area (Å²) in [6, 6.07) is 6.87. The van der Waals surface area contributed by atoms with Crippen molar-refractivity contribution in [3.8, 4) is 5.75 Å². The predicted molar refractivity (Wildman–Crippen MR) is 86.5 cm³/mol. The van der Waals surface area contributed by atoms with Crippen molar-refractivity contribution < 1.29 is 19.1 Å². The summed E-state index contributed by atoms with van der Waals surface area (Å²) in [6.45, 7) is 4.02. The standard InChI is InChI=1S/C17H24N2O4/c1-2-16(20)13-3-5-14(6-4-13)23-12-17(21)19-9-10-22-15(11-19)7-8-18/h3-6,15H,2,7-12,18H2,1H3/t15-/m0/s1. The van der Waals surface area contributed by atoms with Gasteiger partial charge in [-0.25, -0.2) is 0 Å². The molecule has 0 unspecified atom stereocenters. The van der Waals surface area contributed by atoms with E-state index in [4.69, 9.17) is 15.2 Å². The summed E-state index contributed by atoms with van der Waals surface area (Å²) in [6.07, 6.45) is 1.23. The van der Waals surface area contributed by atoms with Crippen LogP contribution in [0, 0.1) is 0 Å². The number of nitrogens with two attached hydrogens (primary N) is 1. The minimum absolute atomic E-state index is 0.0111. The molecule has 1 heterocycles. The number of carbonyl (C=O) groups excluding carboxylic acids is 2. The molecule has 2 N–H and O–H groups in total. The molecule has 0 spiro atoms. The van der Waals surface area contributed by atoms with E-state index in [1.807, 2.05) is 6.92 Å². The SMILES string of the molecule is CCC(=O)c1ccc(OCC(=O)N2CCO[C@@H](CCN)C2)cc1. The van der Waals surface area contributed by atoms with Crippen LogP contribution in [0.4, 0.5) is 0 Å². The van der Waals surface area contributed by atoms with E-state index in [-0.39, 0.29) is 24.4 Å². The Morgan fingerprint density at radius 2 is 2.09 bits per heavy atom. The maximum atomic E-state index is 12.2. The number of carbonyl (C=O) groups is 2. The van der Waals surface area contributed by atoms with Crippen molar-refractivity contribution in [2.75, 3.05) is 32.8 Å². The average molecular weight is 320 g/mol. The Labute approximate surface area is 136 Å². The second-order valence-corrected chi connectivity index (χ2v) is 5.50. The maximum absolute atomic E-state index is 12.2. The fourth-order valence-corrected chi connectivity index (χ4v) is 2.48. The fourth-order valence-electron chi connectivity index (χ4n) is 2.48. The molecule has 0 bridgehead atoms. The number of benzene rings is 1. The summed E-state index contributed by atoms with van der Waals surface area (Å²) in [5, 5.41) is 0. The van der Waals surface area contributed by atoms with Gasteiger partial charge < -0.3 is 20.1 Å². The summed E-state index contributed by atoms with van der Waals surface area (Å²) in [5.74, 6) is 0.605. The monoisotopic (exact) mass is 320 g/mol. The number of rotatable bonds is 7. The highest BCUT2D eigenvalue weighted by Gasteiger charge is 2.23. The van der Waals surface area contributed by atoms with Gasteiger partial charge in [0.2, 0.25) is 0 Å². The lowest BCUT2D eigenvalue weighted by Gasteiger charge is -2.32. The molecule has 6 nitrogen and oxygen atoms in total. The van der Waals surface area contributed by atoms with Gasteiger partial charge in [-0.05, 0) is 37.2 Å². The number of hydrogen-bond donors (Lipinski definition) is 1. The van der Waals surface area contributed by atoms with Crippen LogP contribution in [-0.2, 0) is 9.53 Å². The zero-order valence-electron chi connectivity index (χ0n) is 13.5. The Morgan fingerprint density at radius 1 is 1.35 bits per heavy atom. The molecule has 23 heavy (non-hydrogen) atoms. The van der Waals surface area contributed by atoms with Gasteiger partial charge in [0.1, 0.15) is 5.75 Å². The molecular weight excluding hydrogens is 296 g/mol. The number of amides is 1. The first kappa shape index (κ1) is 17.4. The normalized spacial score (nSPS) is 17.8. The van der Waals surface area contributed by atoms with Crippen molar-refractivity contribution in [1.29, 1.82) is 0 Å². The van der Waals surface area contributed by atoms with Crippen LogP contribution in [0.25, 0.3) is 0 Å². The van der Waals surface area contributed by atoms with Crippen LogP contribution in [0.1, 0.15) is 30.1 Å². The van der Waals surface area contributed by atoms with Gasteiger partial charge in [-0.15, -0.1) is 0 Å². The molecule has 1 aliphatic heterocycles. The molecule has 0 saturated carbocycles. The Hall–Kier alpha value is -1.92.